The summed E-state index contributed by atoms with van der Waals surface area (Å²) in [6.45, 7) is -0.243. The summed E-state index contributed by atoms with van der Waals surface area (Å²) in [6.07, 6.45) is 4.23. The summed E-state index contributed by atoms with van der Waals surface area (Å²) < 4.78 is 7.06. The van der Waals surface area contributed by atoms with E-state index in [1.807, 2.05) is 19.2 Å². The molecule has 2 aromatic rings. The lowest BCUT2D eigenvalue weighted by molar-refractivity contribution is -0.118. The molecule has 0 unspecified atom stereocenters. The summed E-state index contributed by atoms with van der Waals surface area (Å²) in [5.74, 6) is -0.151. The molecule has 5 rings (SSSR count). The molecule has 0 spiro atoms. The van der Waals surface area contributed by atoms with Crippen molar-refractivity contribution in [2.45, 2.75) is 44.4 Å². The van der Waals surface area contributed by atoms with E-state index in [2.05, 4.69) is 42.1 Å². The Morgan fingerprint density at radius 3 is 2.08 bits per heavy atom. The smallest absolute Gasteiger partial charge is 0.262 e. The SMILES string of the molecule is CN1C2=C(C(=O)CCC2)C(c2cc(Br)c(OCC(=O)Nc3ccc(Cl)c(Cl)c3)c(Br)c2)C2=C1CCCC2=O. The Hall–Kier alpha value is -2.13. The average molecular weight is 683 g/mol. The zero-order valence-electron chi connectivity index (χ0n) is 20.5. The van der Waals surface area contributed by atoms with Crippen LogP contribution in [0.1, 0.15) is 50.0 Å². The first-order valence-electron chi connectivity index (χ1n) is 12.3. The molecule has 10 heteroatoms. The van der Waals surface area contributed by atoms with Gasteiger partial charge in [-0.05, 0) is 93.4 Å². The molecule has 0 aromatic heterocycles. The summed E-state index contributed by atoms with van der Waals surface area (Å²) in [5.41, 5.74) is 4.82. The molecule has 1 aliphatic heterocycles. The van der Waals surface area contributed by atoms with E-state index in [0.717, 1.165) is 53.8 Å². The number of carbonyl (C=O) groups excluding carboxylic acids is 3. The average Bonchev–Trinajstić information content (AvgIpc) is 2.87. The van der Waals surface area contributed by atoms with Gasteiger partial charge in [-0.15, -0.1) is 0 Å². The Bertz CT molecular complexity index is 1370. The minimum atomic E-state index is -0.420. The Kier molecular flexibility index (Phi) is 8.06. The number of rotatable bonds is 5. The summed E-state index contributed by atoms with van der Waals surface area (Å²) in [7, 11) is 1.98. The summed E-state index contributed by atoms with van der Waals surface area (Å²) in [4.78, 5) is 41.0. The highest BCUT2D eigenvalue weighted by atomic mass is 79.9. The molecule has 0 radical (unpaired) electrons. The zero-order chi connectivity index (χ0) is 27.1. The highest BCUT2D eigenvalue weighted by Crippen LogP contribution is 2.50. The number of ether oxygens (including phenoxy) is 1. The molecule has 2 aliphatic carbocycles. The fraction of sp³-hybridized carbons (Fsp3) is 0.321. The highest BCUT2D eigenvalue weighted by molar-refractivity contribution is 9.11. The minimum Gasteiger partial charge on any atom is -0.481 e. The van der Waals surface area contributed by atoms with Gasteiger partial charge in [0.15, 0.2) is 18.2 Å². The minimum absolute atomic E-state index is 0.0968. The molecule has 38 heavy (non-hydrogen) atoms. The van der Waals surface area contributed by atoms with E-state index < -0.39 is 5.92 Å². The Morgan fingerprint density at radius 2 is 1.53 bits per heavy atom. The Balaban J connectivity index is 1.43. The number of carbonyl (C=O) groups is 3. The molecule has 1 amide bonds. The molecule has 0 fully saturated rings. The third-order valence-corrected chi connectivity index (χ3v) is 9.07. The monoisotopic (exact) mass is 680 g/mol. The van der Waals surface area contributed by atoms with Crippen LogP contribution in [-0.2, 0) is 14.4 Å². The number of Topliss-reactive ketones (excluding diaryl/α,β-unsaturated/α-hetero) is 2. The van der Waals surface area contributed by atoms with Crippen LogP contribution >= 0.6 is 55.1 Å². The van der Waals surface area contributed by atoms with Crippen LogP contribution < -0.4 is 10.1 Å². The van der Waals surface area contributed by atoms with Crippen molar-refractivity contribution < 1.29 is 19.1 Å². The fourth-order valence-corrected chi connectivity index (χ4v) is 7.23. The number of hydrogen-bond acceptors (Lipinski definition) is 5. The number of amides is 1. The van der Waals surface area contributed by atoms with Gasteiger partial charge in [-0.25, -0.2) is 0 Å². The molecule has 6 nitrogen and oxygen atoms in total. The second-order valence-corrected chi connectivity index (χ2v) is 12.1. The summed E-state index contributed by atoms with van der Waals surface area (Å²) in [6, 6.07) is 8.58. The van der Waals surface area contributed by atoms with Crippen LogP contribution in [-0.4, -0.2) is 36.0 Å². The van der Waals surface area contributed by atoms with E-state index in [0.29, 0.717) is 43.3 Å². The molecule has 3 aliphatic rings. The van der Waals surface area contributed by atoms with Gasteiger partial charge >= 0.3 is 0 Å². The maximum atomic E-state index is 13.2. The van der Waals surface area contributed by atoms with Crippen LogP contribution in [0.4, 0.5) is 5.69 Å². The summed E-state index contributed by atoms with van der Waals surface area (Å²) in [5, 5.41) is 3.46. The lowest BCUT2D eigenvalue weighted by Crippen LogP contribution is -2.37. The topological polar surface area (TPSA) is 75.7 Å². The van der Waals surface area contributed by atoms with Crippen molar-refractivity contribution in [3.8, 4) is 5.75 Å². The molecule has 0 atom stereocenters. The van der Waals surface area contributed by atoms with Gasteiger partial charge < -0.3 is 15.0 Å². The van der Waals surface area contributed by atoms with Crippen LogP contribution in [0.25, 0.3) is 0 Å². The van der Waals surface area contributed by atoms with Gasteiger partial charge in [-0.2, -0.15) is 0 Å². The van der Waals surface area contributed by atoms with Gasteiger partial charge in [0, 0.05) is 54.0 Å². The van der Waals surface area contributed by atoms with Crippen LogP contribution in [0.3, 0.4) is 0 Å². The normalized spacial score (nSPS) is 18.0. The van der Waals surface area contributed by atoms with Gasteiger partial charge in [0.1, 0.15) is 5.75 Å². The number of halogens is 4. The van der Waals surface area contributed by atoms with Crippen molar-refractivity contribution in [1.82, 2.24) is 4.90 Å². The molecule has 0 saturated heterocycles. The van der Waals surface area contributed by atoms with Crippen LogP contribution in [0, 0.1) is 0 Å². The number of hydrogen-bond donors (Lipinski definition) is 1. The third-order valence-electron chi connectivity index (χ3n) is 7.15. The maximum absolute atomic E-state index is 13.2. The first-order chi connectivity index (χ1) is 18.2. The second kappa shape index (κ2) is 11.2. The molecule has 1 N–H and O–H groups in total. The molecule has 0 saturated carbocycles. The molecule has 0 bridgehead atoms. The number of ketones is 2. The van der Waals surface area contributed by atoms with Crippen molar-refractivity contribution in [3.05, 3.63) is 77.4 Å². The van der Waals surface area contributed by atoms with Gasteiger partial charge in [-0.1, -0.05) is 23.2 Å². The van der Waals surface area contributed by atoms with E-state index >= 15 is 0 Å². The van der Waals surface area contributed by atoms with Gasteiger partial charge in [0.2, 0.25) is 0 Å². The maximum Gasteiger partial charge on any atom is 0.262 e. The van der Waals surface area contributed by atoms with E-state index in [9.17, 15) is 14.4 Å². The molecule has 198 valence electrons. The van der Waals surface area contributed by atoms with Crippen molar-refractivity contribution >= 4 is 78.2 Å². The van der Waals surface area contributed by atoms with E-state index in [1.54, 1.807) is 18.2 Å². The van der Waals surface area contributed by atoms with E-state index in [-0.39, 0.29) is 24.1 Å². The van der Waals surface area contributed by atoms with Gasteiger partial charge in [0.05, 0.1) is 19.0 Å². The van der Waals surface area contributed by atoms with Crippen LogP contribution in [0.15, 0.2) is 61.8 Å². The predicted molar refractivity (Wildman–Crippen MR) is 155 cm³/mol. The quantitative estimate of drug-likeness (QED) is 0.352. The zero-order valence-corrected chi connectivity index (χ0v) is 25.2. The molecular weight excluding hydrogens is 659 g/mol. The number of nitrogens with zero attached hydrogens (tertiary/aromatic N) is 1. The first kappa shape index (κ1) is 27.4. The summed E-state index contributed by atoms with van der Waals surface area (Å²) >= 11 is 19.1. The molecule has 1 heterocycles. The number of benzene rings is 2. The first-order valence-corrected chi connectivity index (χ1v) is 14.6. The predicted octanol–water partition coefficient (Wildman–Crippen LogP) is 7.58. The molecular formula is C28H24Br2Cl2N2O4. The number of anilines is 1. The Morgan fingerprint density at radius 1 is 0.947 bits per heavy atom. The van der Waals surface area contributed by atoms with Crippen LogP contribution in [0.2, 0.25) is 10.0 Å². The number of nitrogens with one attached hydrogen (secondary N) is 1. The van der Waals surface area contributed by atoms with Gasteiger partial charge in [0.25, 0.3) is 5.91 Å². The lowest BCUT2D eigenvalue weighted by atomic mass is 9.71. The largest absolute Gasteiger partial charge is 0.481 e. The standard InChI is InChI=1S/C28H24Br2Cl2N2O4/c1-34-20-4-2-6-22(35)26(20)25(27-21(34)5-3-7-23(27)36)14-10-16(29)28(17(30)11-14)38-13-24(37)33-15-8-9-18(31)19(32)12-15/h8-12,25H,2-7,13H2,1H3,(H,33,37). The van der Waals surface area contributed by atoms with Crippen molar-refractivity contribution in [2.24, 2.45) is 0 Å². The van der Waals surface area contributed by atoms with Crippen LogP contribution in [0.5, 0.6) is 5.75 Å². The fourth-order valence-electron chi connectivity index (χ4n) is 5.48. The van der Waals surface area contributed by atoms with Crippen molar-refractivity contribution in [1.29, 1.82) is 0 Å². The lowest BCUT2D eigenvalue weighted by Gasteiger charge is -2.42. The molecule has 2 aromatic carbocycles. The second-order valence-electron chi connectivity index (χ2n) is 9.55. The van der Waals surface area contributed by atoms with E-state index in [1.165, 1.54) is 0 Å². The Labute approximate surface area is 247 Å². The van der Waals surface area contributed by atoms with Crippen molar-refractivity contribution in [3.63, 3.8) is 0 Å². The number of allylic oxidation sites excluding steroid dienone is 4. The van der Waals surface area contributed by atoms with E-state index in [4.69, 9.17) is 27.9 Å². The van der Waals surface area contributed by atoms with Gasteiger partial charge in [-0.3, -0.25) is 14.4 Å². The highest BCUT2D eigenvalue weighted by Gasteiger charge is 2.42. The third kappa shape index (κ3) is 5.20. The van der Waals surface area contributed by atoms with Crippen molar-refractivity contribution in [2.75, 3.05) is 19.0 Å².